The van der Waals surface area contributed by atoms with Gasteiger partial charge >= 0.3 is 11.7 Å². The molecule has 0 unspecified atom stereocenters. The number of aromatic amines is 1. The third kappa shape index (κ3) is 2.94. The Labute approximate surface area is 104 Å². The highest BCUT2D eigenvalue weighted by atomic mass is 32.2. The fourth-order valence-electron chi connectivity index (χ4n) is 1.16. The van der Waals surface area contributed by atoms with Crippen molar-refractivity contribution in [2.24, 2.45) is 0 Å². The second-order valence-corrected chi connectivity index (χ2v) is 4.96. The minimum Gasteiger partial charge on any atom is -0.481 e. The summed E-state index contributed by atoms with van der Waals surface area (Å²) in [6.45, 7) is 0.349. The first-order valence-electron chi connectivity index (χ1n) is 4.54. The maximum Gasteiger partial charge on any atom is 0.344 e. The molecule has 2 aromatic rings. The first-order valence-corrected chi connectivity index (χ1v) is 6.40. The van der Waals surface area contributed by atoms with E-state index in [1.165, 1.54) is 15.9 Å². The zero-order chi connectivity index (χ0) is 12.3. The molecule has 2 N–H and O–H groups in total. The van der Waals surface area contributed by atoms with Crippen LogP contribution in [0.1, 0.15) is 4.88 Å². The number of carboxylic acids is 1. The summed E-state index contributed by atoms with van der Waals surface area (Å²) in [6, 6.07) is 0. The van der Waals surface area contributed by atoms with Crippen LogP contribution in [0, 0.1) is 0 Å². The van der Waals surface area contributed by atoms with Crippen LogP contribution < -0.4 is 5.69 Å². The molecule has 2 heterocycles. The van der Waals surface area contributed by atoms with Gasteiger partial charge in [-0.1, -0.05) is 11.8 Å². The maximum absolute atomic E-state index is 11.5. The van der Waals surface area contributed by atoms with Gasteiger partial charge < -0.3 is 5.11 Å². The van der Waals surface area contributed by atoms with E-state index in [-0.39, 0.29) is 11.4 Å². The quantitative estimate of drug-likeness (QED) is 0.757. The molecule has 0 aliphatic carbocycles. The fraction of sp³-hybridized carbons (Fsp3) is 0.250. The van der Waals surface area contributed by atoms with Gasteiger partial charge in [-0.05, 0) is 0 Å². The highest BCUT2D eigenvalue weighted by molar-refractivity contribution is 7.99. The largest absolute Gasteiger partial charge is 0.481 e. The van der Waals surface area contributed by atoms with Crippen LogP contribution in [-0.4, -0.2) is 36.6 Å². The number of H-pyrrole nitrogens is 1. The SMILES string of the molecule is O=C(O)CSc1n[nH]c(=O)n1Cc1cncs1. The molecule has 9 heteroatoms. The van der Waals surface area contributed by atoms with Gasteiger partial charge in [0.25, 0.3) is 0 Å². The van der Waals surface area contributed by atoms with Gasteiger partial charge in [0.1, 0.15) is 0 Å². The van der Waals surface area contributed by atoms with Crippen molar-refractivity contribution in [3.05, 3.63) is 27.1 Å². The lowest BCUT2D eigenvalue weighted by molar-refractivity contribution is -0.133. The Kier molecular flexibility index (Phi) is 3.59. The first kappa shape index (κ1) is 11.9. The average Bonchev–Trinajstić information content (AvgIpc) is 2.89. The number of thioether (sulfide) groups is 1. The molecule has 0 radical (unpaired) electrons. The summed E-state index contributed by atoms with van der Waals surface area (Å²) < 4.78 is 1.39. The number of hydrogen-bond donors (Lipinski definition) is 2. The number of aromatic nitrogens is 4. The lowest BCUT2D eigenvalue weighted by atomic mass is 10.5. The summed E-state index contributed by atoms with van der Waals surface area (Å²) in [6.07, 6.45) is 1.66. The Hall–Kier alpha value is -1.61. The van der Waals surface area contributed by atoms with Gasteiger partial charge in [-0.3, -0.25) is 14.3 Å². The van der Waals surface area contributed by atoms with E-state index in [0.29, 0.717) is 11.7 Å². The monoisotopic (exact) mass is 272 g/mol. The van der Waals surface area contributed by atoms with Crippen LogP contribution in [0.4, 0.5) is 0 Å². The standard InChI is InChI=1S/C8H8N4O3S2/c13-6(14)3-16-8-11-10-7(15)12(8)2-5-1-9-4-17-5/h1,4H,2-3H2,(H,10,15)(H,13,14). The highest BCUT2D eigenvalue weighted by Crippen LogP contribution is 2.15. The van der Waals surface area contributed by atoms with Crippen LogP contribution in [0.25, 0.3) is 0 Å². The van der Waals surface area contributed by atoms with Gasteiger partial charge in [0, 0.05) is 11.1 Å². The predicted octanol–water partition coefficient (Wildman–Crippen LogP) is 0.253. The number of hydrogen-bond acceptors (Lipinski definition) is 6. The molecule has 2 aromatic heterocycles. The smallest absolute Gasteiger partial charge is 0.344 e. The van der Waals surface area contributed by atoms with Crippen molar-refractivity contribution in [2.45, 2.75) is 11.7 Å². The van der Waals surface area contributed by atoms with E-state index in [1.807, 2.05) is 0 Å². The summed E-state index contributed by atoms with van der Waals surface area (Å²) in [7, 11) is 0. The molecule has 0 saturated carbocycles. The van der Waals surface area contributed by atoms with Crippen LogP contribution >= 0.6 is 23.1 Å². The number of carboxylic acid groups (broad SMARTS) is 1. The van der Waals surface area contributed by atoms with Gasteiger partial charge in [-0.25, -0.2) is 9.89 Å². The Balaban J connectivity index is 2.17. The number of nitrogens with one attached hydrogen (secondary N) is 1. The number of rotatable bonds is 5. The molecule has 0 atom stereocenters. The minimum atomic E-state index is -0.949. The van der Waals surface area contributed by atoms with Crippen LogP contribution in [0.5, 0.6) is 0 Å². The second-order valence-electron chi connectivity index (χ2n) is 3.05. The summed E-state index contributed by atoms with van der Waals surface area (Å²) in [4.78, 5) is 26.7. The minimum absolute atomic E-state index is 0.132. The number of carbonyl (C=O) groups is 1. The highest BCUT2D eigenvalue weighted by Gasteiger charge is 2.11. The van der Waals surface area contributed by atoms with Gasteiger partial charge in [0.05, 0.1) is 17.8 Å². The molecule has 0 aliphatic rings. The van der Waals surface area contributed by atoms with Crippen LogP contribution in [-0.2, 0) is 11.3 Å². The van der Waals surface area contributed by atoms with Crippen molar-refractivity contribution in [1.82, 2.24) is 19.7 Å². The van der Waals surface area contributed by atoms with Crippen molar-refractivity contribution in [3.63, 3.8) is 0 Å². The third-order valence-corrected chi connectivity index (χ3v) is 3.57. The molecular formula is C8H8N4O3S2. The topological polar surface area (TPSA) is 101 Å². The fourth-order valence-corrected chi connectivity index (χ4v) is 2.40. The maximum atomic E-state index is 11.5. The van der Waals surface area contributed by atoms with Gasteiger partial charge in [-0.15, -0.1) is 16.4 Å². The molecule has 0 bridgehead atoms. The summed E-state index contributed by atoms with van der Waals surface area (Å²) in [5.74, 6) is -1.08. The van der Waals surface area contributed by atoms with Crippen molar-refractivity contribution < 1.29 is 9.90 Å². The second kappa shape index (κ2) is 5.15. The van der Waals surface area contributed by atoms with Crippen LogP contribution in [0.2, 0.25) is 0 Å². The van der Waals surface area contributed by atoms with E-state index in [2.05, 4.69) is 15.2 Å². The summed E-state index contributed by atoms with van der Waals surface area (Å²) in [5, 5.41) is 15.0. The molecular weight excluding hydrogens is 264 g/mol. The Bertz CT molecular complexity index is 560. The molecule has 0 fully saturated rings. The number of thiazole rings is 1. The third-order valence-electron chi connectivity index (χ3n) is 1.85. The lowest BCUT2D eigenvalue weighted by Gasteiger charge is -2.01. The Morgan fingerprint density at radius 2 is 2.47 bits per heavy atom. The average molecular weight is 272 g/mol. The summed E-state index contributed by atoms with van der Waals surface area (Å²) in [5.41, 5.74) is 1.32. The van der Waals surface area contributed by atoms with E-state index in [0.717, 1.165) is 16.6 Å². The summed E-state index contributed by atoms with van der Waals surface area (Å²) >= 11 is 2.43. The van der Waals surface area contributed by atoms with Crippen LogP contribution in [0.15, 0.2) is 21.7 Å². The Morgan fingerprint density at radius 3 is 3.12 bits per heavy atom. The van der Waals surface area contributed by atoms with E-state index in [1.54, 1.807) is 11.7 Å². The van der Waals surface area contributed by atoms with Gasteiger partial charge in [0.15, 0.2) is 5.16 Å². The molecule has 2 rings (SSSR count). The lowest BCUT2D eigenvalue weighted by Crippen LogP contribution is -2.18. The van der Waals surface area contributed by atoms with E-state index in [9.17, 15) is 9.59 Å². The predicted molar refractivity (Wildman–Crippen MR) is 62.4 cm³/mol. The zero-order valence-electron chi connectivity index (χ0n) is 8.49. The number of aliphatic carboxylic acids is 1. The molecule has 90 valence electrons. The molecule has 17 heavy (non-hydrogen) atoms. The van der Waals surface area contributed by atoms with Crippen molar-refractivity contribution >= 4 is 29.1 Å². The molecule has 0 aliphatic heterocycles. The number of nitrogens with zero attached hydrogens (tertiary/aromatic N) is 3. The zero-order valence-corrected chi connectivity index (χ0v) is 10.1. The van der Waals surface area contributed by atoms with Crippen molar-refractivity contribution in [1.29, 1.82) is 0 Å². The molecule has 0 saturated heterocycles. The molecule has 0 spiro atoms. The van der Waals surface area contributed by atoms with Crippen molar-refractivity contribution in [3.8, 4) is 0 Å². The first-order chi connectivity index (χ1) is 8.16. The van der Waals surface area contributed by atoms with E-state index < -0.39 is 5.97 Å². The van der Waals surface area contributed by atoms with E-state index in [4.69, 9.17) is 5.11 Å². The Morgan fingerprint density at radius 1 is 1.65 bits per heavy atom. The van der Waals surface area contributed by atoms with Gasteiger partial charge in [0.2, 0.25) is 0 Å². The normalized spacial score (nSPS) is 10.6. The molecule has 0 amide bonds. The van der Waals surface area contributed by atoms with E-state index >= 15 is 0 Å². The van der Waals surface area contributed by atoms with Crippen molar-refractivity contribution in [2.75, 3.05) is 5.75 Å². The molecule has 0 aromatic carbocycles. The van der Waals surface area contributed by atoms with Crippen LogP contribution in [0.3, 0.4) is 0 Å². The van der Waals surface area contributed by atoms with Gasteiger partial charge in [-0.2, -0.15) is 0 Å². The molecule has 7 nitrogen and oxygen atoms in total.